The zero-order valence-corrected chi connectivity index (χ0v) is 24.7. The van der Waals surface area contributed by atoms with Crippen molar-refractivity contribution in [1.29, 1.82) is 5.41 Å². The standard InChI is InChI=1S/C34H32N6O6/c35-21-12-14-25-28(17-21)46-29-18-22(13-15-26(29)30(25)23-9-4-5-10-24(23)32(42)43)39-31(41)27(11-6-16-38-33(36)37)40-34(44)45-19-20-7-2-1-3-8-20/h1-5,7-10,12-15,17-18,27,35H,6,11,16,19H2,(H,39,41)(H,40,44)(H,42,43)(H4,36,37,38)/t27-/m0/s1. The number of guanidine groups is 1. The summed E-state index contributed by atoms with van der Waals surface area (Å²) in [4.78, 5) is 42.2. The highest BCUT2D eigenvalue weighted by Crippen LogP contribution is 2.41. The predicted octanol–water partition coefficient (Wildman–Crippen LogP) is 4.67. The number of anilines is 1. The number of carbonyl (C=O) groups excluding carboxylic acids is 2. The maximum absolute atomic E-state index is 13.5. The molecule has 0 fully saturated rings. The summed E-state index contributed by atoms with van der Waals surface area (Å²) in [7, 11) is 0. The Balaban J connectivity index is 1.44. The van der Waals surface area contributed by atoms with Crippen LogP contribution in [0.15, 0.2) is 100 Å². The smallest absolute Gasteiger partial charge is 0.408 e. The highest BCUT2D eigenvalue weighted by atomic mass is 16.5. The summed E-state index contributed by atoms with van der Waals surface area (Å²) in [5, 5.41) is 24.3. The Morgan fingerprint density at radius 1 is 0.935 bits per heavy atom. The number of alkyl carbamates (subject to hydrolysis) is 1. The van der Waals surface area contributed by atoms with Crippen molar-refractivity contribution in [3.63, 3.8) is 0 Å². The van der Waals surface area contributed by atoms with E-state index in [9.17, 15) is 19.5 Å². The van der Waals surface area contributed by atoms with Gasteiger partial charge in [0.15, 0.2) is 5.96 Å². The number of ether oxygens (including phenoxy) is 1. The summed E-state index contributed by atoms with van der Waals surface area (Å²) in [6, 6.07) is 24.7. The molecule has 3 aromatic rings. The number of nitrogens with one attached hydrogen (secondary N) is 3. The molecule has 12 heteroatoms. The van der Waals surface area contributed by atoms with Crippen molar-refractivity contribution >= 4 is 40.6 Å². The normalized spacial score (nSPS) is 11.5. The van der Waals surface area contributed by atoms with Gasteiger partial charge < -0.3 is 41.8 Å². The van der Waals surface area contributed by atoms with Crippen LogP contribution in [0.3, 0.4) is 0 Å². The first kappa shape index (κ1) is 31.3. The van der Waals surface area contributed by atoms with Crippen molar-refractivity contribution in [2.45, 2.75) is 25.5 Å². The van der Waals surface area contributed by atoms with Crippen LogP contribution in [0.5, 0.6) is 0 Å². The van der Waals surface area contributed by atoms with E-state index in [0.29, 0.717) is 45.5 Å². The second-order valence-electron chi connectivity index (χ2n) is 10.4. The van der Waals surface area contributed by atoms with Crippen molar-refractivity contribution in [1.82, 2.24) is 5.32 Å². The SMILES string of the molecule is N=c1ccc2c(-c3ccccc3C(=O)O)c3ccc(NC(=O)[C@H](CCCN=C(N)N)NC(=O)OCc4ccccc4)cc3oc-2c1. The van der Waals surface area contributed by atoms with Crippen LogP contribution in [0.1, 0.15) is 28.8 Å². The summed E-state index contributed by atoms with van der Waals surface area (Å²) >= 11 is 0. The number of carboxylic acid groups (broad SMARTS) is 1. The van der Waals surface area contributed by atoms with Gasteiger partial charge in [-0.3, -0.25) is 9.79 Å². The molecule has 0 radical (unpaired) electrons. The third-order valence-electron chi connectivity index (χ3n) is 7.18. The van der Waals surface area contributed by atoms with Crippen molar-refractivity contribution in [3.8, 4) is 22.5 Å². The minimum Gasteiger partial charge on any atom is -0.478 e. The lowest BCUT2D eigenvalue weighted by Gasteiger charge is -2.19. The first-order chi connectivity index (χ1) is 22.2. The average Bonchev–Trinajstić information content (AvgIpc) is 3.04. The van der Waals surface area contributed by atoms with Gasteiger partial charge in [-0.2, -0.15) is 0 Å². The number of aromatic carboxylic acids is 1. The van der Waals surface area contributed by atoms with Gasteiger partial charge in [-0.25, -0.2) is 9.59 Å². The van der Waals surface area contributed by atoms with Crippen LogP contribution >= 0.6 is 0 Å². The Labute approximate surface area is 263 Å². The van der Waals surface area contributed by atoms with E-state index >= 15 is 0 Å². The summed E-state index contributed by atoms with van der Waals surface area (Å²) in [5.74, 6) is -1.29. The topological polar surface area (TPSA) is 206 Å². The molecule has 1 atom stereocenters. The molecule has 0 aromatic heterocycles. The Morgan fingerprint density at radius 2 is 1.70 bits per heavy atom. The van der Waals surface area contributed by atoms with E-state index in [0.717, 1.165) is 5.56 Å². The number of hydrogen-bond acceptors (Lipinski definition) is 7. The summed E-state index contributed by atoms with van der Waals surface area (Å²) < 4.78 is 11.5. The molecule has 2 amide bonds. The van der Waals surface area contributed by atoms with Crippen molar-refractivity contribution in [3.05, 3.63) is 107 Å². The maximum Gasteiger partial charge on any atom is 0.408 e. The molecule has 0 saturated carbocycles. The molecule has 5 rings (SSSR count). The number of carboxylic acids is 1. The van der Waals surface area contributed by atoms with Gasteiger partial charge in [-0.1, -0.05) is 48.5 Å². The lowest BCUT2D eigenvalue weighted by Crippen LogP contribution is -2.44. The third kappa shape index (κ3) is 7.48. The van der Waals surface area contributed by atoms with Crippen LogP contribution in [0, 0.1) is 5.41 Å². The number of rotatable bonds is 11. The number of benzene rings is 4. The molecular weight excluding hydrogens is 588 g/mol. The zero-order valence-electron chi connectivity index (χ0n) is 24.7. The number of hydrogen-bond donors (Lipinski definition) is 6. The van der Waals surface area contributed by atoms with Crippen LogP contribution in [0.25, 0.3) is 33.4 Å². The Kier molecular flexibility index (Phi) is 9.57. The number of aliphatic imine (C=N–C) groups is 1. The van der Waals surface area contributed by atoms with Crippen LogP contribution in [0.2, 0.25) is 0 Å². The van der Waals surface area contributed by atoms with Crippen LogP contribution in [-0.2, 0) is 16.1 Å². The molecule has 2 aliphatic rings. The molecule has 0 spiro atoms. The molecule has 234 valence electrons. The second kappa shape index (κ2) is 14.1. The minimum atomic E-state index is -1.08. The maximum atomic E-state index is 13.5. The van der Waals surface area contributed by atoms with E-state index in [1.54, 1.807) is 54.6 Å². The van der Waals surface area contributed by atoms with Gasteiger partial charge >= 0.3 is 12.1 Å². The molecule has 46 heavy (non-hydrogen) atoms. The van der Waals surface area contributed by atoms with Gasteiger partial charge in [0.1, 0.15) is 24.0 Å². The van der Waals surface area contributed by atoms with E-state index in [1.807, 2.05) is 30.3 Å². The molecule has 0 saturated heterocycles. The average molecular weight is 621 g/mol. The minimum absolute atomic E-state index is 0.0303. The van der Waals surface area contributed by atoms with E-state index in [1.165, 1.54) is 6.07 Å². The van der Waals surface area contributed by atoms with Crippen molar-refractivity contribution in [2.24, 2.45) is 16.5 Å². The molecule has 8 N–H and O–H groups in total. The van der Waals surface area contributed by atoms with E-state index in [2.05, 4.69) is 15.6 Å². The number of fused-ring (bicyclic) bond motifs is 2. The fraction of sp³-hybridized carbons (Fsp3) is 0.147. The molecular formula is C34H32N6O6. The Morgan fingerprint density at radius 3 is 2.46 bits per heavy atom. The quantitative estimate of drug-likeness (QED) is 0.0528. The number of nitrogens with two attached hydrogens (primary N) is 2. The van der Waals surface area contributed by atoms with Gasteiger partial charge in [-0.05, 0) is 54.3 Å². The lowest BCUT2D eigenvalue weighted by molar-refractivity contribution is -0.118. The monoisotopic (exact) mass is 620 g/mol. The third-order valence-corrected chi connectivity index (χ3v) is 7.18. The predicted molar refractivity (Wildman–Crippen MR) is 173 cm³/mol. The summed E-state index contributed by atoms with van der Waals surface area (Å²) in [6.07, 6.45) is -0.150. The highest BCUT2D eigenvalue weighted by Gasteiger charge is 2.24. The van der Waals surface area contributed by atoms with Crippen LogP contribution < -0.4 is 27.5 Å². The van der Waals surface area contributed by atoms with E-state index in [4.69, 9.17) is 26.0 Å². The fourth-order valence-corrected chi connectivity index (χ4v) is 5.05. The molecule has 0 unspecified atom stereocenters. The summed E-state index contributed by atoms with van der Waals surface area (Å²) in [5.41, 5.74) is 14.2. The molecule has 1 heterocycles. The Bertz CT molecular complexity index is 1950. The first-order valence-electron chi connectivity index (χ1n) is 14.4. The Hall–Kier alpha value is -6.17. The van der Waals surface area contributed by atoms with Gasteiger partial charge in [0.05, 0.1) is 10.9 Å². The van der Waals surface area contributed by atoms with E-state index < -0.39 is 24.0 Å². The lowest BCUT2D eigenvalue weighted by atomic mass is 9.90. The highest BCUT2D eigenvalue weighted by molar-refractivity contribution is 6.08. The zero-order chi connectivity index (χ0) is 32.6. The largest absolute Gasteiger partial charge is 0.478 e. The van der Waals surface area contributed by atoms with Gasteiger partial charge in [-0.15, -0.1) is 0 Å². The first-order valence-corrected chi connectivity index (χ1v) is 14.4. The van der Waals surface area contributed by atoms with Crippen LogP contribution in [0.4, 0.5) is 10.5 Å². The second-order valence-corrected chi connectivity index (χ2v) is 10.4. The van der Waals surface area contributed by atoms with Gasteiger partial charge in [0.2, 0.25) is 5.91 Å². The summed E-state index contributed by atoms with van der Waals surface area (Å²) in [6.45, 7) is 0.288. The fourth-order valence-electron chi connectivity index (χ4n) is 5.05. The molecule has 0 bridgehead atoms. The number of carbonyl (C=O) groups is 3. The number of nitrogens with zero attached hydrogens (tertiary/aromatic N) is 1. The van der Waals surface area contributed by atoms with Gasteiger partial charge in [0, 0.05) is 40.9 Å². The number of amides is 2. The molecule has 3 aromatic carbocycles. The van der Waals surface area contributed by atoms with Gasteiger partial charge in [0.25, 0.3) is 0 Å². The molecule has 12 nitrogen and oxygen atoms in total. The molecule has 1 aliphatic carbocycles. The van der Waals surface area contributed by atoms with Crippen molar-refractivity contribution < 1.29 is 28.6 Å². The van der Waals surface area contributed by atoms with Crippen molar-refractivity contribution in [2.75, 3.05) is 11.9 Å². The molecule has 1 aliphatic heterocycles. The van der Waals surface area contributed by atoms with E-state index in [-0.39, 0.29) is 36.5 Å². The van der Waals surface area contributed by atoms with Crippen LogP contribution in [-0.4, -0.2) is 41.6 Å².